The van der Waals surface area contributed by atoms with Crippen LogP contribution in [-0.4, -0.2) is 18.4 Å². The zero-order valence-corrected chi connectivity index (χ0v) is 18.2. The number of thiocarbonyl (C=S) groups is 1. The molecule has 0 fully saturated rings. The summed E-state index contributed by atoms with van der Waals surface area (Å²) in [6, 6.07) is 23.4. The third-order valence-electron chi connectivity index (χ3n) is 3.89. The van der Waals surface area contributed by atoms with Gasteiger partial charge in [-0.05, 0) is 63.5 Å². The normalized spacial score (nSPS) is 10.6. The number of anilines is 1. The van der Waals surface area contributed by atoms with Gasteiger partial charge in [-0.2, -0.15) is 5.10 Å². The molecule has 3 aromatic rings. The average Bonchev–Trinajstić information content (AvgIpc) is 2.74. The van der Waals surface area contributed by atoms with Gasteiger partial charge in [0.25, 0.3) is 0 Å². The molecule has 148 valence electrons. The number of hydrogen-bond donors (Lipinski definition) is 2. The molecule has 0 saturated heterocycles. The van der Waals surface area contributed by atoms with Crippen molar-refractivity contribution in [3.8, 4) is 11.5 Å². The molecular formula is C22H20BrN3O2S. The van der Waals surface area contributed by atoms with Crippen LogP contribution in [-0.2, 0) is 6.61 Å². The van der Waals surface area contributed by atoms with Gasteiger partial charge in [0, 0.05) is 5.69 Å². The predicted octanol–water partition coefficient (Wildman–Crippen LogP) is 5.36. The number of ether oxygens (including phenoxy) is 2. The first-order valence-electron chi connectivity index (χ1n) is 8.85. The fourth-order valence-corrected chi connectivity index (χ4v) is 3.27. The van der Waals surface area contributed by atoms with Crippen LogP contribution in [0.2, 0.25) is 0 Å². The Bertz CT molecular complexity index is 982. The van der Waals surface area contributed by atoms with Crippen molar-refractivity contribution in [2.45, 2.75) is 6.61 Å². The largest absolute Gasteiger partial charge is 0.493 e. The van der Waals surface area contributed by atoms with Gasteiger partial charge in [0.1, 0.15) is 6.61 Å². The minimum Gasteiger partial charge on any atom is -0.493 e. The zero-order chi connectivity index (χ0) is 20.5. The van der Waals surface area contributed by atoms with Crippen molar-refractivity contribution in [2.75, 3.05) is 12.4 Å². The Balaban J connectivity index is 1.63. The number of methoxy groups -OCH3 is 1. The Morgan fingerprint density at radius 2 is 1.76 bits per heavy atom. The number of halogens is 1. The van der Waals surface area contributed by atoms with E-state index in [0.29, 0.717) is 23.2 Å². The first-order chi connectivity index (χ1) is 14.2. The van der Waals surface area contributed by atoms with Crippen LogP contribution < -0.4 is 20.2 Å². The summed E-state index contributed by atoms with van der Waals surface area (Å²) >= 11 is 8.79. The second-order valence-electron chi connectivity index (χ2n) is 6.00. The number of rotatable bonds is 7. The van der Waals surface area contributed by atoms with Crippen molar-refractivity contribution < 1.29 is 9.47 Å². The van der Waals surface area contributed by atoms with Gasteiger partial charge in [-0.15, -0.1) is 0 Å². The SMILES string of the molecule is COc1cc(/C=N\NC(=S)Nc2ccccc2)cc(Br)c1OCc1ccccc1. The molecule has 2 N–H and O–H groups in total. The topological polar surface area (TPSA) is 54.9 Å². The molecule has 0 atom stereocenters. The second kappa shape index (κ2) is 10.6. The van der Waals surface area contributed by atoms with Gasteiger partial charge in [0.05, 0.1) is 17.8 Å². The van der Waals surface area contributed by atoms with Crippen LogP contribution in [0.5, 0.6) is 11.5 Å². The van der Waals surface area contributed by atoms with Crippen molar-refractivity contribution in [3.63, 3.8) is 0 Å². The molecule has 5 nitrogen and oxygen atoms in total. The summed E-state index contributed by atoms with van der Waals surface area (Å²) in [5, 5.41) is 7.64. The summed E-state index contributed by atoms with van der Waals surface area (Å²) < 4.78 is 12.2. The first kappa shape index (κ1) is 20.8. The van der Waals surface area contributed by atoms with E-state index in [1.807, 2.05) is 72.8 Å². The summed E-state index contributed by atoms with van der Waals surface area (Å²) in [6.45, 7) is 0.449. The maximum Gasteiger partial charge on any atom is 0.191 e. The molecule has 0 bridgehead atoms. The zero-order valence-electron chi connectivity index (χ0n) is 15.8. The van der Waals surface area contributed by atoms with E-state index in [1.165, 1.54) is 0 Å². The standard InChI is InChI=1S/C22H20BrN3O2S/c1-27-20-13-17(14-24-26-22(29)25-18-10-6-3-7-11-18)12-19(23)21(20)28-15-16-8-4-2-5-9-16/h2-14H,15H2,1H3,(H2,25,26,29)/b24-14-. The molecule has 0 spiro atoms. The van der Waals surface area contributed by atoms with E-state index in [1.54, 1.807) is 13.3 Å². The third kappa shape index (κ3) is 6.30. The highest BCUT2D eigenvalue weighted by molar-refractivity contribution is 9.10. The lowest BCUT2D eigenvalue weighted by atomic mass is 10.2. The molecule has 29 heavy (non-hydrogen) atoms. The molecule has 3 aromatic carbocycles. The smallest absolute Gasteiger partial charge is 0.191 e. The van der Waals surface area contributed by atoms with Gasteiger partial charge < -0.3 is 14.8 Å². The number of hydrazone groups is 1. The fourth-order valence-electron chi connectivity index (χ4n) is 2.53. The highest BCUT2D eigenvalue weighted by Gasteiger charge is 2.11. The van der Waals surface area contributed by atoms with Crippen LogP contribution in [0.1, 0.15) is 11.1 Å². The Kier molecular flexibility index (Phi) is 7.61. The molecule has 0 saturated carbocycles. The quantitative estimate of drug-likeness (QED) is 0.277. The number of hydrogen-bond acceptors (Lipinski definition) is 4. The first-order valence-corrected chi connectivity index (χ1v) is 10.0. The Labute approximate surface area is 183 Å². The van der Waals surface area contributed by atoms with E-state index in [0.717, 1.165) is 21.3 Å². The Morgan fingerprint density at radius 1 is 1.07 bits per heavy atom. The number of nitrogens with one attached hydrogen (secondary N) is 2. The molecule has 0 heterocycles. The monoisotopic (exact) mass is 469 g/mol. The van der Waals surface area contributed by atoms with Crippen LogP contribution in [0.25, 0.3) is 0 Å². The highest BCUT2D eigenvalue weighted by Crippen LogP contribution is 2.36. The van der Waals surface area contributed by atoms with Gasteiger partial charge in [-0.25, -0.2) is 0 Å². The van der Waals surface area contributed by atoms with Gasteiger partial charge in [0.2, 0.25) is 0 Å². The van der Waals surface area contributed by atoms with Crippen LogP contribution in [0, 0.1) is 0 Å². The number of nitrogens with zero attached hydrogens (tertiary/aromatic N) is 1. The highest BCUT2D eigenvalue weighted by atomic mass is 79.9. The molecule has 0 amide bonds. The summed E-state index contributed by atoms with van der Waals surface area (Å²) in [5.74, 6) is 1.25. The van der Waals surface area contributed by atoms with E-state index in [2.05, 4.69) is 31.8 Å². The Hall–Kier alpha value is -2.90. The summed E-state index contributed by atoms with van der Waals surface area (Å²) in [5.41, 5.74) is 5.60. The van der Waals surface area contributed by atoms with E-state index < -0.39 is 0 Å². The van der Waals surface area contributed by atoms with Gasteiger partial charge in [0.15, 0.2) is 16.6 Å². The summed E-state index contributed by atoms with van der Waals surface area (Å²) in [7, 11) is 1.61. The molecule has 0 aliphatic rings. The summed E-state index contributed by atoms with van der Waals surface area (Å²) in [4.78, 5) is 0. The van der Waals surface area contributed by atoms with Crippen LogP contribution in [0.4, 0.5) is 5.69 Å². The third-order valence-corrected chi connectivity index (χ3v) is 4.67. The number of para-hydroxylation sites is 1. The Morgan fingerprint density at radius 3 is 2.45 bits per heavy atom. The fraction of sp³-hybridized carbons (Fsp3) is 0.0909. The van der Waals surface area contributed by atoms with Crippen molar-refractivity contribution in [3.05, 3.63) is 88.4 Å². The van der Waals surface area contributed by atoms with E-state index in [9.17, 15) is 0 Å². The van der Waals surface area contributed by atoms with Crippen molar-refractivity contribution in [2.24, 2.45) is 5.10 Å². The maximum absolute atomic E-state index is 5.95. The lowest BCUT2D eigenvalue weighted by molar-refractivity contribution is 0.282. The van der Waals surface area contributed by atoms with Gasteiger partial charge in [-0.3, -0.25) is 5.43 Å². The lowest BCUT2D eigenvalue weighted by Gasteiger charge is -2.13. The molecule has 0 unspecified atom stereocenters. The maximum atomic E-state index is 5.95. The minimum absolute atomic E-state index is 0.404. The van der Waals surface area contributed by atoms with Crippen LogP contribution in [0.3, 0.4) is 0 Å². The van der Waals surface area contributed by atoms with Gasteiger partial charge in [-0.1, -0.05) is 48.5 Å². The molecule has 0 radical (unpaired) electrons. The van der Waals surface area contributed by atoms with Crippen molar-refractivity contribution >= 4 is 45.2 Å². The lowest BCUT2D eigenvalue weighted by Crippen LogP contribution is -2.23. The molecule has 3 rings (SSSR count). The summed E-state index contributed by atoms with van der Waals surface area (Å²) in [6.07, 6.45) is 1.66. The second-order valence-corrected chi connectivity index (χ2v) is 7.26. The van der Waals surface area contributed by atoms with E-state index in [-0.39, 0.29) is 0 Å². The van der Waals surface area contributed by atoms with Crippen LogP contribution >= 0.6 is 28.1 Å². The molecule has 7 heteroatoms. The number of benzene rings is 3. The van der Waals surface area contributed by atoms with Crippen LogP contribution in [0.15, 0.2) is 82.4 Å². The molecule has 0 aromatic heterocycles. The molecule has 0 aliphatic carbocycles. The van der Waals surface area contributed by atoms with Gasteiger partial charge >= 0.3 is 0 Å². The average molecular weight is 470 g/mol. The van der Waals surface area contributed by atoms with E-state index in [4.69, 9.17) is 21.7 Å². The van der Waals surface area contributed by atoms with E-state index >= 15 is 0 Å². The molecular weight excluding hydrogens is 450 g/mol. The van der Waals surface area contributed by atoms with Crippen molar-refractivity contribution in [1.29, 1.82) is 0 Å². The molecule has 0 aliphatic heterocycles. The predicted molar refractivity (Wildman–Crippen MR) is 125 cm³/mol. The van der Waals surface area contributed by atoms with Crippen molar-refractivity contribution in [1.82, 2.24) is 5.43 Å². The minimum atomic E-state index is 0.404.